The topological polar surface area (TPSA) is 0 Å². The molecule has 4 fully saturated rings. The first-order valence-electron chi connectivity index (χ1n) is 15.1. The van der Waals surface area contributed by atoms with Crippen LogP contribution in [0.5, 0.6) is 0 Å². The Morgan fingerprint density at radius 3 is 2.35 bits per heavy atom. The summed E-state index contributed by atoms with van der Waals surface area (Å²) in [6.45, 7) is 13.1. The molecule has 0 bridgehead atoms. The van der Waals surface area contributed by atoms with Crippen LogP contribution in [0.15, 0.2) is 23.3 Å². The molecular formula is C33H51F. The zero-order valence-corrected chi connectivity index (χ0v) is 22.9. The Morgan fingerprint density at radius 1 is 0.794 bits per heavy atom. The summed E-state index contributed by atoms with van der Waals surface area (Å²) in [5, 5.41) is 0. The summed E-state index contributed by atoms with van der Waals surface area (Å²) in [5.74, 6) is 4.96. The number of hydrogen-bond acceptors (Lipinski definition) is 0. The number of alkyl halides is 1. The van der Waals surface area contributed by atoms with Crippen LogP contribution in [0.1, 0.15) is 118 Å². The highest BCUT2D eigenvalue weighted by molar-refractivity contribution is 5.41. The van der Waals surface area contributed by atoms with Gasteiger partial charge >= 0.3 is 0 Å². The highest BCUT2D eigenvalue weighted by Crippen LogP contribution is 2.73. The number of halogens is 1. The van der Waals surface area contributed by atoms with Gasteiger partial charge in [0, 0.05) is 0 Å². The van der Waals surface area contributed by atoms with Gasteiger partial charge in [0.1, 0.15) is 0 Å². The number of rotatable bonds is 2. The van der Waals surface area contributed by atoms with Crippen LogP contribution in [-0.4, -0.2) is 6.67 Å². The molecule has 4 saturated carbocycles. The molecule has 0 radical (unpaired) electrons. The Labute approximate surface area is 209 Å². The molecule has 0 aromatic rings. The lowest BCUT2D eigenvalue weighted by Gasteiger charge is -2.68. The highest BCUT2D eigenvalue weighted by atomic mass is 19.1. The number of allylic oxidation sites excluding steroid dienone is 4. The van der Waals surface area contributed by atoms with Crippen LogP contribution in [0.4, 0.5) is 4.39 Å². The Kier molecular flexibility index (Phi) is 5.56. The first-order chi connectivity index (χ1) is 16.1. The molecule has 0 heterocycles. The monoisotopic (exact) mass is 466 g/mol. The van der Waals surface area contributed by atoms with E-state index >= 15 is 0 Å². The van der Waals surface area contributed by atoms with Crippen molar-refractivity contribution in [1.29, 1.82) is 0 Å². The molecule has 9 unspecified atom stereocenters. The predicted molar refractivity (Wildman–Crippen MR) is 141 cm³/mol. The van der Waals surface area contributed by atoms with Crippen molar-refractivity contribution in [3.63, 3.8) is 0 Å². The molecule has 0 saturated heterocycles. The van der Waals surface area contributed by atoms with Crippen molar-refractivity contribution in [1.82, 2.24) is 0 Å². The molecule has 0 aromatic carbocycles. The zero-order valence-electron chi connectivity index (χ0n) is 22.9. The summed E-state index contributed by atoms with van der Waals surface area (Å²) >= 11 is 0. The normalized spacial score (nSPS) is 51.9. The van der Waals surface area contributed by atoms with Crippen molar-refractivity contribution < 1.29 is 4.39 Å². The van der Waals surface area contributed by atoms with Crippen molar-refractivity contribution >= 4 is 0 Å². The van der Waals surface area contributed by atoms with E-state index in [0.29, 0.717) is 16.2 Å². The van der Waals surface area contributed by atoms with Crippen molar-refractivity contribution in [2.24, 2.45) is 57.2 Å². The largest absolute Gasteiger partial charge is 0.251 e. The molecule has 0 aromatic heterocycles. The molecule has 1 heteroatoms. The zero-order chi connectivity index (χ0) is 23.9. The van der Waals surface area contributed by atoms with Gasteiger partial charge in [0.2, 0.25) is 0 Å². The van der Waals surface area contributed by atoms with E-state index in [1.807, 2.05) is 0 Å². The minimum atomic E-state index is -0.144. The van der Waals surface area contributed by atoms with Gasteiger partial charge in [-0.05, 0) is 145 Å². The van der Waals surface area contributed by atoms with Gasteiger partial charge < -0.3 is 0 Å². The molecule has 0 spiro atoms. The first kappa shape index (κ1) is 23.8. The lowest BCUT2D eigenvalue weighted by Crippen LogP contribution is -2.61. The summed E-state index contributed by atoms with van der Waals surface area (Å²) in [6.07, 6.45) is 22.9. The Balaban J connectivity index is 1.30. The molecular weight excluding hydrogens is 415 g/mol. The van der Waals surface area contributed by atoms with Crippen LogP contribution in [0.3, 0.4) is 0 Å². The third-order valence-electron chi connectivity index (χ3n) is 13.6. The minimum absolute atomic E-state index is 0.144. The Morgan fingerprint density at radius 2 is 1.62 bits per heavy atom. The van der Waals surface area contributed by atoms with Crippen molar-refractivity contribution in [2.75, 3.05) is 6.67 Å². The average molecular weight is 467 g/mol. The molecule has 0 amide bonds. The summed E-state index contributed by atoms with van der Waals surface area (Å²) in [4.78, 5) is 0. The Hall–Kier alpha value is -0.590. The maximum absolute atomic E-state index is 13.2. The van der Waals surface area contributed by atoms with Gasteiger partial charge in [-0.15, -0.1) is 0 Å². The van der Waals surface area contributed by atoms with Crippen LogP contribution in [0.25, 0.3) is 0 Å². The van der Waals surface area contributed by atoms with Crippen molar-refractivity contribution in [2.45, 2.75) is 118 Å². The first-order valence-corrected chi connectivity index (χ1v) is 15.1. The van der Waals surface area contributed by atoms with E-state index in [4.69, 9.17) is 0 Å². The predicted octanol–water partition coefficient (Wildman–Crippen LogP) is 9.70. The molecule has 9 atom stereocenters. The van der Waals surface area contributed by atoms with Gasteiger partial charge in [0.15, 0.2) is 0 Å². The van der Waals surface area contributed by atoms with Crippen molar-refractivity contribution in [3.05, 3.63) is 23.3 Å². The van der Waals surface area contributed by atoms with Gasteiger partial charge in [0.05, 0.1) is 6.67 Å². The van der Waals surface area contributed by atoms with Crippen LogP contribution in [0, 0.1) is 57.2 Å². The minimum Gasteiger partial charge on any atom is -0.251 e. The maximum atomic E-state index is 13.2. The van der Waals surface area contributed by atoms with Gasteiger partial charge in [-0.3, -0.25) is 4.39 Å². The second kappa shape index (κ2) is 7.95. The number of fused-ring (bicyclic) bond motifs is 7. The van der Waals surface area contributed by atoms with E-state index in [-0.39, 0.29) is 18.0 Å². The van der Waals surface area contributed by atoms with E-state index in [9.17, 15) is 4.39 Å². The average Bonchev–Trinajstić information content (AvgIpc) is 3.20. The SMILES string of the molecule is CC12CCCC1C1CCC3C(C)(CCC4C(C)(C)C(C5=CCC(CF)CC5)=CCC43C)C1CC2. The lowest BCUT2D eigenvalue weighted by molar-refractivity contribution is -0.179. The summed E-state index contributed by atoms with van der Waals surface area (Å²) in [5.41, 5.74) is 5.13. The molecule has 34 heavy (non-hydrogen) atoms. The lowest BCUT2D eigenvalue weighted by atomic mass is 9.36. The highest BCUT2D eigenvalue weighted by Gasteiger charge is 2.64. The second-order valence-corrected chi connectivity index (χ2v) is 15.3. The second-order valence-electron chi connectivity index (χ2n) is 15.3. The molecule has 6 rings (SSSR count). The molecule has 6 aliphatic rings. The molecule has 6 aliphatic carbocycles. The number of hydrogen-bond donors (Lipinski definition) is 0. The van der Waals surface area contributed by atoms with E-state index < -0.39 is 0 Å². The smallest absolute Gasteiger partial charge is 0.0925 e. The van der Waals surface area contributed by atoms with Gasteiger partial charge in [-0.1, -0.05) is 53.2 Å². The maximum Gasteiger partial charge on any atom is 0.0925 e. The summed E-state index contributed by atoms with van der Waals surface area (Å²) in [7, 11) is 0. The van der Waals surface area contributed by atoms with Crippen LogP contribution in [-0.2, 0) is 0 Å². The fourth-order valence-electron chi connectivity index (χ4n) is 12.0. The van der Waals surface area contributed by atoms with Gasteiger partial charge in [0.25, 0.3) is 0 Å². The van der Waals surface area contributed by atoms with Gasteiger partial charge in [-0.25, -0.2) is 0 Å². The van der Waals surface area contributed by atoms with Crippen LogP contribution < -0.4 is 0 Å². The standard InChI is InChI=1S/C33H51F/c1-30(2)25(23-10-8-22(21-34)9-11-23)15-19-33(5)28(30)16-20-32(4)27-14-18-31(3)17-6-7-26(31)24(27)12-13-29(32)33/h10,15,22,24,26-29H,6-9,11-14,16-21H2,1-5H3. The summed E-state index contributed by atoms with van der Waals surface area (Å²) in [6, 6.07) is 0. The fraction of sp³-hybridized carbons (Fsp3) is 0.879. The van der Waals surface area contributed by atoms with E-state index in [1.165, 1.54) is 64.2 Å². The molecule has 0 aliphatic heterocycles. The van der Waals surface area contributed by atoms with E-state index in [2.05, 4.69) is 46.8 Å². The summed E-state index contributed by atoms with van der Waals surface area (Å²) < 4.78 is 13.2. The molecule has 0 N–H and O–H groups in total. The fourth-order valence-corrected chi connectivity index (χ4v) is 12.0. The third kappa shape index (κ3) is 3.19. The molecule has 190 valence electrons. The molecule has 0 nitrogen and oxygen atoms in total. The Bertz CT molecular complexity index is 879. The quantitative estimate of drug-likeness (QED) is 0.380. The van der Waals surface area contributed by atoms with E-state index in [0.717, 1.165) is 48.9 Å². The third-order valence-corrected chi connectivity index (χ3v) is 13.6. The van der Waals surface area contributed by atoms with Crippen LogP contribution >= 0.6 is 0 Å². The van der Waals surface area contributed by atoms with Crippen LogP contribution in [0.2, 0.25) is 0 Å². The van der Waals surface area contributed by atoms with Gasteiger partial charge in [-0.2, -0.15) is 0 Å². The van der Waals surface area contributed by atoms with Crippen molar-refractivity contribution in [3.8, 4) is 0 Å². The van der Waals surface area contributed by atoms with E-state index in [1.54, 1.807) is 11.1 Å².